The van der Waals surface area contributed by atoms with Crippen LogP contribution in [0, 0.1) is 11.7 Å². The van der Waals surface area contributed by atoms with Crippen LogP contribution in [-0.2, 0) is 16.0 Å². The number of likely N-dealkylation sites (tertiary alicyclic amines) is 1. The van der Waals surface area contributed by atoms with Gasteiger partial charge in [-0.15, -0.1) is 0 Å². The van der Waals surface area contributed by atoms with Crippen LogP contribution in [0.1, 0.15) is 24.8 Å². The Balaban J connectivity index is 1.87. The first-order chi connectivity index (χ1) is 10.5. The van der Waals surface area contributed by atoms with Crippen LogP contribution < -0.4 is 4.74 Å². The maximum Gasteiger partial charge on any atom is 0.306 e. The number of carboxylic acid groups (broad SMARTS) is 1. The smallest absolute Gasteiger partial charge is 0.306 e. The highest BCUT2D eigenvalue weighted by molar-refractivity contribution is 5.77. The second-order valence-corrected chi connectivity index (χ2v) is 5.43. The first-order valence-corrected chi connectivity index (χ1v) is 7.35. The van der Waals surface area contributed by atoms with Gasteiger partial charge in [0.05, 0.1) is 13.0 Å². The highest BCUT2D eigenvalue weighted by Gasteiger charge is 2.26. The topological polar surface area (TPSA) is 66.8 Å². The van der Waals surface area contributed by atoms with E-state index in [-0.39, 0.29) is 24.0 Å². The lowest BCUT2D eigenvalue weighted by Gasteiger charge is -2.30. The molecular formula is C16H20FNO4. The summed E-state index contributed by atoms with van der Waals surface area (Å²) >= 11 is 0. The summed E-state index contributed by atoms with van der Waals surface area (Å²) in [5.41, 5.74) is 0.452. The zero-order valence-corrected chi connectivity index (χ0v) is 12.5. The largest absolute Gasteiger partial charge is 0.494 e. The van der Waals surface area contributed by atoms with Gasteiger partial charge >= 0.3 is 5.97 Å². The van der Waals surface area contributed by atoms with Crippen LogP contribution in [0.3, 0.4) is 0 Å². The quantitative estimate of drug-likeness (QED) is 0.904. The van der Waals surface area contributed by atoms with Crippen molar-refractivity contribution in [2.75, 3.05) is 20.2 Å². The Labute approximate surface area is 128 Å². The van der Waals surface area contributed by atoms with E-state index >= 15 is 0 Å². The predicted molar refractivity (Wildman–Crippen MR) is 78.2 cm³/mol. The van der Waals surface area contributed by atoms with Gasteiger partial charge in [0.25, 0.3) is 0 Å². The third-order valence-corrected chi connectivity index (χ3v) is 4.07. The molecule has 120 valence electrons. The molecule has 5 nitrogen and oxygen atoms in total. The summed E-state index contributed by atoms with van der Waals surface area (Å²) in [5.74, 6) is -1.48. The number of rotatable bonds is 5. The summed E-state index contributed by atoms with van der Waals surface area (Å²) in [6.07, 6.45) is 1.48. The molecule has 22 heavy (non-hydrogen) atoms. The number of benzene rings is 1. The molecule has 0 aromatic heterocycles. The van der Waals surface area contributed by atoms with Crippen LogP contribution in [0.15, 0.2) is 18.2 Å². The van der Waals surface area contributed by atoms with E-state index in [0.717, 1.165) is 0 Å². The Morgan fingerprint density at radius 1 is 1.36 bits per heavy atom. The summed E-state index contributed by atoms with van der Waals surface area (Å²) in [6.45, 7) is 0.910. The first kappa shape index (κ1) is 16.3. The number of piperidine rings is 1. The molecule has 0 spiro atoms. The van der Waals surface area contributed by atoms with Crippen molar-refractivity contribution in [1.82, 2.24) is 4.90 Å². The van der Waals surface area contributed by atoms with Crippen molar-refractivity contribution in [2.24, 2.45) is 5.92 Å². The number of hydrogen-bond donors (Lipinski definition) is 1. The number of amides is 1. The average molecular weight is 309 g/mol. The maximum absolute atomic E-state index is 14.0. The van der Waals surface area contributed by atoms with Crippen molar-refractivity contribution in [3.05, 3.63) is 29.6 Å². The van der Waals surface area contributed by atoms with Gasteiger partial charge in [0.2, 0.25) is 5.91 Å². The van der Waals surface area contributed by atoms with Gasteiger partial charge in [-0.1, -0.05) is 12.1 Å². The van der Waals surface area contributed by atoms with E-state index < -0.39 is 11.8 Å². The molecule has 6 heteroatoms. The number of aryl methyl sites for hydroxylation is 1. The van der Waals surface area contributed by atoms with Crippen molar-refractivity contribution in [1.29, 1.82) is 0 Å². The van der Waals surface area contributed by atoms with Gasteiger partial charge in [-0.2, -0.15) is 0 Å². The molecule has 0 aliphatic carbocycles. The zero-order valence-electron chi connectivity index (χ0n) is 12.5. The third-order valence-electron chi connectivity index (χ3n) is 4.07. The lowest BCUT2D eigenvalue weighted by Crippen LogP contribution is -2.40. The average Bonchev–Trinajstić information content (AvgIpc) is 2.53. The minimum absolute atomic E-state index is 0.0638. The SMILES string of the molecule is COc1cccc(CCC(=O)N2CCC(C(=O)O)CC2)c1F. The van der Waals surface area contributed by atoms with E-state index in [4.69, 9.17) is 9.84 Å². The van der Waals surface area contributed by atoms with Gasteiger partial charge in [0.1, 0.15) is 0 Å². The van der Waals surface area contributed by atoms with Gasteiger partial charge in [-0.25, -0.2) is 4.39 Å². The lowest BCUT2D eigenvalue weighted by atomic mass is 9.96. The van der Waals surface area contributed by atoms with Crippen molar-refractivity contribution in [2.45, 2.75) is 25.7 Å². The van der Waals surface area contributed by atoms with E-state index in [1.807, 2.05) is 0 Å². The summed E-state index contributed by atoms with van der Waals surface area (Å²) in [5, 5.41) is 8.94. The normalized spacial score (nSPS) is 15.6. The molecule has 0 atom stereocenters. The molecule has 1 aromatic rings. The van der Waals surface area contributed by atoms with E-state index in [2.05, 4.69) is 0 Å². The number of nitrogens with zero attached hydrogens (tertiary/aromatic N) is 1. The van der Waals surface area contributed by atoms with Crippen molar-refractivity contribution in [3.63, 3.8) is 0 Å². The first-order valence-electron chi connectivity index (χ1n) is 7.35. The Hall–Kier alpha value is -2.11. The molecular weight excluding hydrogens is 289 g/mol. The molecule has 0 bridgehead atoms. The number of halogens is 1. The second-order valence-electron chi connectivity index (χ2n) is 5.43. The number of hydrogen-bond acceptors (Lipinski definition) is 3. The minimum Gasteiger partial charge on any atom is -0.494 e. The van der Waals surface area contributed by atoms with Crippen LogP contribution in [-0.4, -0.2) is 42.1 Å². The standard InChI is InChI=1S/C16H20FNO4/c1-22-13-4-2-3-11(15(13)17)5-6-14(19)18-9-7-12(8-10-18)16(20)21/h2-4,12H,5-10H2,1H3,(H,20,21). The second kappa shape index (κ2) is 7.24. The number of carboxylic acids is 1. The molecule has 1 heterocycles. The van der Waals surface area contributed by atoms with Crippen LogP contribution >= 0.6 is 0 Å². The molecule has 0 saturated carbocycles. The molecule has 1 N–H and O–H groups in total. The molecule has 1 saturated heterocycles. The molecule has 2 rings (SSSR count). The fraction of sp³-hybridized carbons (Fsp3) is 0.500. The summed E-state index contributed by atoms with van der Waals surface area (Å²) in [4.78, 5) is 24.7. The van der Waals surface area contributed by atoms with Gasteiger partial charge < -0.3 is 14.7 Å². The van der Waals surface area contributed by atoms with Gasteiger partial charge in [-0.05, 0) is 30.9 Å². The summed E-state index contributed by atoms with van der Waals surface area (Å²) < 4.78 is 18.9. The van der Waals surface area contributed by atoms with E-state index in [9.17, 15) is 14.0 Å². The third kappa shape index (κ3) is 3.75. The lowest BCUT2D eigenvalue weighted by molar-refractivity contribution is -0.145. The number of carbonyl (C=O) groups excluding carboxylic acids is 1. The van der Waals surface area contributed by atoms with Gasteiger partial charge in [0, 0.05) is 19.5 Å². The molecule has 1 aliphatic rings. The minimum atomic E-state index is -0.800. The fourth-order valence-electron chi connectivity index (χ4n) is 2.68. The highest BCUT2D eigenvalue weighted by Crippen LogP contribution is 2.22. The van der Waals surface area contributed by atoms with Gasteiger partial charge in [0.15, 0.2) is 11.6 Å². The van der Waals surface area contributed by atoms with E-state index in [1.54, 1.807) is 17.0 Å². The Morgan fingerprint density at radius 3 is 2.64 bits per heavy atom. The van der Waals surface area contributed by atoms with Crippen molar-refractivity contribution in [3.8, 4) is 5.75 Å². The van der Waals surface area contributed by atoms with Crippen LogP contribution in [0.2, 0.25) is 0 Å². The fourth-order valence-corrected chi connectivity index (χ4v) is 2.68. The number of ether oxygens (including phenoxy) is 1. The van der Waals surface area contributed by atoms with Crippen molar-refractivity contribution >= 4 is 11.9 Å². The maximum atomic E-state index is 14.0. The van der Waals surface area contributed by atoms with Gasteiger partial charge in [-0.3, -0.25) is 9.59 Å². The van der Waals surface area contributed by atoms with E-state index in [0.29, 0.717) is 37.9 Å². The molecule has 1 amide bonds. The Kier molecular flexibility index (Phi) is 5.35. The monoisotopic (exact) mass is 309 g/mol. The van der Waals surface area contributed by atoms with E-state index in [1.165, 1.54) is 13.2 Å². The number of methoxy groups -OCH3 is 1. The summed E-state index contributed by atoms with van der Waals surface area (Å²) in [7, 11) is 1.40. The molecule has 1 aromatic carbocycles. The highest BCUT2D eigenvalue weighted by atomic mass is 19.1. The number of carbonyl (C=O) groups is 2. The molecule has 1 fully saturated rings. The van der Waals surface area contributed by atoms with Crippen LogP contribution in [0.25, 0.3) is 0 Å². The molecule has 0 radical (unpaired) electrons. The van der Waals surface area contributed by atoms with Crippen LogP contribution in [0.5, 0.6) is 5.75 Å². The van der Waals surface area contributed by atoms with Crippen molar-refractivity contribution < 1.29 is 23.8 Å². The predicted octanol–water partition coefficient (Wildman–Crippen LogP) is 2.09. The zero-order chi connectivity index (χ0) is 16.1. The molecule has 0 unspecified atom stereocenters. The Bertz CT molecular complexity index is 553. The number of aliphatic carboxylic acids is 1. The Morgan fingerprint density at radius 2 is 2.05 bits per heavy atom. The summed E-state index contributed by atoms with van der Waals surface area (Å²) in [6, 6.07) is 4.87. The van der Waals surface area contributed by atoms with Crippen LogP contribution in [0.4, 0.5) is 4.39 Å². The molecule has 1 aliphatic heterocycles.